The van der Waals surface area contributed by atoms with Crippen molar-refractivity contribution in [2.45, 2.75) is 52.0 Å². The molecule has 2 heteroatoms. The number of hydrogen-bond donors (Lipinski definition) is 1. The first-order valence-corrected chi connectivity index (χ1v) is 7.87. The fourth-order valence-corrected chi connectivity index (χ4v) is 3.03. The van der Waals surface area contributed by atoms with Crippen LogP contribution in [0.25, 0.3) is 0 Å². The largest absolute Gasteiger partial charge is 0.310 e. The summed E-state index contributed by atoms with van der Waals surface area (Å²) in [5.74, 6) is 1.20. The van der Waals surface area contributed by atoms with E-state index in [4.69, 9.17) is 0 Å². The normalized spacial score (nSPS) is 13.6. The molecule has 1 nitrogen and oxygen atoms in total. The molecule has 0 aromatic heterocycles. The molecule has 0 bridgehead atoms. The van der Waals surface area contributed by atoms with E-state index in [9.17, 15) is 0 Å². The Morgan fingerprint density at radius 1 is 1.17 bits per heavy atom. The second kappa shape index (κ2) is 7.20. The van der Waals surface area contributed by atoms with E-state index in [1.54, 1.807) is 0 Å². The lowest BCUT2D eigenvalue weighted by atomic mass is 9.94. The molecule has 1 N–H and O–H groups in total. The molecule has 0 spiro atoms. The molecule has 0 aliphatic carbocycles. The van der Waals surface area contributed by atoms with Gasteiger partial charge in [0, 0.05) is 10.9 Å². The van der Waals surface area contributed by atoms with Crippen LogP contribution in [-0.2, 0) is 0 Å². The predicted molar refractivity (Wildman–Crippen MR) is 83.3 cm³/mol. The van der Waals surface area contributed by atoms with Crippen molar-refractivity contribution < 1.29 is 0 Å². The lowest BCUT2D eigenvalue weighted by molar-refractivity contribution is 0.401. The summed E-state index contributed by atoms with van der Waals surface area (Å²) in [4.78, 5) is 1.38. The number of nitrogens with one attached hydrogen (secondary N) is 1. The van der Waals surface area contributed by atoms with Gasteiger partial charge in [0.2, 0.25) is 0 Å². The van der Waals surface area contributed by atoms with Gasteiger partial charge in [-0.3, -0.25) is 0 Å². The molecular weight excluding hydrogens is 238 g/mol. The molecule has 1 unspecified atom stereocenters. The number of benzene rings is 1. The molecule has 0 radical (unpaired) electrons. The standard InChI is InChI=1S/C16H27NS/c1-6-17-13(2)14-7-9-15(10-8-14)18-12-11-16(3,4)5/h7-10,13,17H,6,11-12H2,1-5H3. The van der Waals surface area contributed by atoms with Gasteiger partial charge in [0.05, 0.1) is 0 Å². The number of thioether (sulfide) groups is 1. The Morgan fingerprint density at radius 2 is 1.78 bits per heavy atom. The molecule has 0 fully saturated rings. The second-order valence-electron chi connectivity index (χ2n) is 6.01. The molecule has 0 heterocycles. The van der Waals surface area contributed by atoms with Crippen molar-refractivity contribution in [1.82, 2.24) is 5.32 Å². The first kappa shape index (κ1) is 15.6. The van der Waals surface area contributed by atoms with Crippen molar-refractivity contribution in [1.29, 1.82) is 0 Å². The zero-order valence-corrected chi connectivity index (χ0v) is 13.2. The average Bonchev–Trinajstić information content (AvgIpc) is 2.28. The Balaban J connectivity index is 2.45. The summed E-state index contributed by atoms with van der Waals surface area (Å²) < 4.78 is 0. The molecule has 1 aromatic carbocycles. The average molecular weight is 265 g/mol. The summed E-state index contributed by atoms with van der Waals surface area (Å²) in [6.07, 6.45) is 1.26. The maximum absolute atomic E-state index is 3.44. The molecular formula is C16H27NS. The highest BCUT2D eigenvalue weighted by Crippen LogP contribution is 2.26. The van der Waals surface area contributed by atoms with Crippen LogP contribution in [0.5, 0.6) is 0 Å². The van der Waals surface area contributed by atoms with Crippen molar-refractivity contribution in [2.24, 2.45) is 5.41 Å². The van der Waals surface area contributed by atoms with E-state index in [0.29, 0.717) is 11.5 Å². The van der Waals surface area contributed by atoms with Crippen molar-refractivity contribution in [3.63, 3.8) is 0 Å². The van der Waals surface area contributed by atoms with Gasteiger partial charge in [-0.15, -0.1) is 11.8 Å². The summed E-state index contributed by atoms with van der Waals surface area (Å²) in [5, 5.41) is 3.44. The molecule has 1 aromatic rings. The predicted octanol–water partition coefficient (Wildman–Crippen LogP) is 4.89. The maximum atomic E-state index is 3.44. The fourth-order valence-electron chi connectivity index (χ4n) is 1.75. The highest BCUT2D eigenvalue weighted by Gasteiger charge is 2.09. The third kappa shape index (κ3) is 5.92. The minimum atomic E-state index is 0.437. The summed E-state index contributed by atoms with van der Waals surface area (Å²) in [6, 6.07) is 9.43. The minimum Gasteiger partial charge on any atom is -0.310 e. The van der Waals surface area contributed by atoms with Crippen LogP contribution in [0.1, 0.15) is 52.6 Å². The summed E-state index contributed by atoms with van der Waals surface area (Å²) in [7, 11) is 0. The van der Waals surface area contributed by atoms with Crippen LogP contribution in [-0.4, -0.2) is 12.3 Å². The topological polar surface area (TPSA) is 12.0 Å². The summed E-state index contributed by atoms with van der Waals surface area (Å²) in [6.45, 7) is 12.3. The molecule has 0 saturated carbocycles. The van der Waals surface area contributed by atoms with Crippen LogP contribution in [0.4, 0.5) is 0 Å². The molecule has 0 aliphatic heterocycles. The van der Waals surface area contributed by atoms with Crippen LogP contribution >= 0.6 is 11.8 Å². The second-order valence-corrected chi connectivity index (χ2v) is 7.18. The van der Waals surface area contributed by atoms with Crippen molar-refractivity contribution >= 4 is 11.8 Å². The summed E-state index contributed by atoms with van der Waals surface area (Å²) in [5.41, 5.74) is 1.81. The van der Waals surface area contributed by atoms with Crippen molar-refractivity contribution in [3.05, 3.63) is 29.8 Å². The van der Waals surface area contributed by atoms with E-state index >= 15 is 0 Å². The van der Waals surface area contributed by atoms with Crippen LogP contribution in [0.2, 0.25) is 0 Å². The molecule has 0 saturated heterocycles. The van der Waals surface area contributed by atoms with E-state index in [-0.39, 0.29) is 0 Å². The zero-order chi connectivity index (χ0) is 13.6. The third-order valence-corrected chi connectivity index (χ3v) is 4.02. The van der Waals surface area contributed by atoms with E-state index < -0.39 is 0 Å². The van der Waals surface area contributed by atoms with Gasteiger partial charge in [0.1, 0.15) is 0 Å². The third-order valence-electron chi connectivity index (χ3n) is 3.01. The fraction of sp³-hybridized carbons (Fsp3) is 0.625. The van der Waals surface area contributed by atoms with Crippen LogP contribution in [0.15, 0.2) is 29.2 Å². The first-order chi connectivity index (χ1) is 8.42. The van der Waals surface area contributed by atoms with Crippen LogP contribution in [0, 0.1) is 5.41 Å². The van der Waals surface area contributed by atoms with Crippen molar-refractivity contribution in [2.75, 3.05) is 12.3 Å². The molecule has 0 aliphatic rings. The minimum absolute atomic E-state index is 0.437. The van der Waals surface area contributed by atoms with Gasteiger partial charge < -0.3 is 5.32 Å². The lowest BCUT2D eigenvalue weighted by Crippen LogP contribution is -2.17. The van der Waals surface area contributed by atoms with Gasteiger partial charge in [-0.2, -0.15) is 0 Å². The van der Waals surface area contributed by atoms with Crippen molar-refractivity contribution in [3.8, 4) is 0 Å². The lowest BCUT2D eigenvalue weighted by Gasteiger charge is -2.17. The van der Waals surface area contributed by atoms with E-state index in [1.165, 1.54) is 22.6 Å². The van der Waals surface area contributed by atoms with E-state index in [1.807, 2.05) is 11.8 Å². The Labute approximate surface area is 117 Å². The first-order valence-electron chi connectivity index (χ1n) is 6.88. The zero-order valence-electron chi connectivity index (χ0n) is 12.4. The van der Waals surface area contributed by atoms with E-state index in [2.05, 4.69) is 64.2 Å². The van der Waals surface area contributed by atoms with E-state index in [0.717, 1.165) is 6.54 Å². The molecule has 18 heavy (non-hydrogen) atoms. The molecule has 0 amide bonds. The van der Waals surface area contributed by atoms with Gasteiger partial charge >= 0.3 is 0 Å². The SMILES string of the molecule is CCNC(C)c1ccc(SCCC(C)(C)C)cc1. The smallest absolute Gasteiger partial charge is 0.0291 e. The van der Waals surface area contributed by atoms with Crippen LogP contribution < -0.4 is 5.32 Å². The molecule has 102 valence electrons. The molecule has 1 atom stereocenters. The number of hydrogen-bond acceptors (Lipinski definition) is 2. The monoisotopic (exact) mass is 265 g/mol. The van der Waals surface area contributed by atoms with Gasteiger partial charge in [0.25, 0.3) is 0 Å². The van der Waals surface area contributed by atoms with Gasteiger partial charge in [-0.25, -0.2) is 0 Å². The molecule has 1 rings (SSSR count). The highest BCUT2D eigenvalue weighted by atomic mass is 32.2. The Hall–Kier alpha value is -0.470. The van der Waals surface area contributed by atoms with Crippen LogP contribution in [0.3, 0.4) is 0 Å². The summed E-state index contributed by atoms with van der Waals surface area (Å²) >= 11 is 1.96. The van der Waals surface area contributed by atoms with Gasteiger partial charge in [-0.1, -0.05) is 39.8 Å². The quantitative estimate of drug-likeness (QED) is 0.735. The van der Waals surface area contributed by atoms with Gasteiger partial charge in [-0.05, 0) is 48.8 Å². The van der Waals surface area contributed by atoms with Gasteiger partial charge in [0.15, 0.2) is 0 Å². The number of rotatable bonds is 6. The Morgan fingerprint density at radius 3 is 2.28 bits per heavy atom. The highest BCUT2D eigenvalue weighted by molar-refractivity contribution is 7.99. The Kier molecular flexibility index (Phi) is 6.24. The maximum Gasteiger partial charge on any atom is 0.0291 e. The Bertz CT molecular complexity index is 337.